The van der Waals surface area contributed by atoms with Crippen LogP contribution in [0.3, 0.4) is 0 Å². The highest BCUT2D eigenvalue weighted by molar-refractivity contribution is 6.33. The van der Waals surface area contributed by atoms with Crippen molar-refractivity contribution in [2.75, 3.05) is 18.7 Å². The first-order chi connectivity index (χ1) is 13.7. The zero-order valence-electron chi connectivity index (χ0n) is 15.6. The van der Waals surface area contributed by atoms with Crippen molar-refractivity contribution in [3.8, 4) is 11.5 Å². The van der Waals surface area contributed by atoms with E-state index in [1.54, 1.807) is 7.11 Å². The molecule has 6 heteroatoms. The highest BCUT2D eigenvalue weighted by atomic mass is 35.5. The molecule has 0 spiro atoms. The van der Waals surface area contributed by atoms with Crippen LogP contribution in [0.4, 0.5) is 5.69 Å². The minimum atomic E-state index is -0.228. The van der Waals surface area contributed by atoms with Crippen LogP contribution in [-0.2, 0) is 19.4 Å². The molecule has 5 rings (SSSR count). The smallest absolute Gasteiger partial charge is 0.339 e. The minimum absolute atomic E-state index is 0.228. The Morgan fingerprint density at radius 1 is 1.07 bits per heavy atom. The molecule has 2 aromatic carbocycles. The molecule has 1 aliphatic carbocycles. The van der Waals surface area contributed by atoms with Crippen LogP contribution >= 0.6 is 11.6 Å². The van der Waals surface area contributed by atoms with Crippen molar-refractivity contribution < 1.29 is 13.9 Å². The van der Waals surface area contributed by atoms with Gasteiger partial charge in [-0.2, -0.15) is 0 Å². The molecule has 1 aromatic heterocycles. The molecule has 0 N–H and O–H groups in total. The third kappa shape index (κ3) is 2.73. The normalized spacial score (nSPS) is 15.7. The fourth-order valence-electron chi connectivity index (χ4n) is 4.23. The molecule has 2 aliphatic rings. The lowest BCUT2D eigenvalue weighted by atomic mass is 9.90. The number of nitrogens with zero attached hydrogens (tertiary/aromatic N) is 1. The first-order valence-electron chi connectivity index (χ1n) is 9.47. The summed E-state index contributed by atoms with van der Waals surface area (Å²) in [6.45, 7) is 0.931. The SMILES string of the molecule is COc1ccc(N2COc3c(Cl)cc4c5c(c(=O)oc4c3C2)CCCC5)cc1. The van der Waals surface area contributed by atoms with E-state index in [1.165, 1.54) is 0 Å². The van der Waals surface area contributed by atoms with E-state index in [-0.39, 0.29) is 5.63 Å². The van der Waals surface area contributed by atoms with E-state index in [1.807, 2.05) is 30.3 Å². The molecule has 1 aliphatic heterocycles. The van der Waals surface area contributed by atoms with Gasteiger partial charge in [0.2, 0.25) is 0 Å². The molecule has 0 atom stereocenters. The largest absolute Gasteiger partial charge is 0.497 e. The number of fused-ring (bicyclic) bond motifs is 5. The fraction of sp³-hybridized carbons (Fsp3) is 0.318. The third-order valence-electron chi connectivity index (χ3n) is 5.67. The molecule has 0 amide bonds. The van der Waals surface area contributed by atoms with Crippen LogP contribution in [0, 0.1) is 0 Å². The average molecular weight is 398 g/mol. The average Bonchev–Trinajstić information content (AvgIpc) is 2.75. The third-order valence-corrected chi connectivity index (χ3v) is 5.95. The number of hydrogen-bond acceptors (Lipinski definition) is 5. The van der Waals surface area contributed by atoms with Crippen LogP contribution in [0.25, 0.3) is 11.0 Å². The maximum absolute atomic E-state index is 12.6. The summed E-state index contributed by atoms with van der Waals surface area (Å²) in [5.41, 5.74) is 4.09. The molecular weight excluding hydrogens is 378 g/mol. The summed E-state index contributed by atoms with van der Waals surface area (Å²) in [6, 6.07) is 9.69. The van der Waals surface area contributed by atoms with Crippen LogP contribution < -0.4 is 20.0 Å². The second-order valence-corrected chi connectivity index (χ2v) is 7.67. The zero-order valence-corrected chi connectivity index (χ0v) is 16.3. The summed E-state index contributed by atoms with van der Waals surface area (Å²) in [5, 5.41) is 1.51. The maximum atomic E-state index is 12.6. The van der Waals surface area contributed by atoms with Crippen LogP contribution in [-0.4, -0.2) is 13.8 Å². The summed E-state index contributed by atoms with van der Waals surface area (Å²) in [7, 11) is 1.64. The molecule has 5 nitrogen and oxygen atoms in total. The van der Waals surface area contributed by atoms with Gasteiger partial charge in [-0.05, 0) is 61.6 Å². The van der Waals surface area contributed by atoms with Gasteiger partial charge in [-0.3, -0.25) is 0 Å². The van der Waals surface area contributed by atoms with Crippen LogP contribution in [0.15, 0.2) is 39.5 Å². The summed E-state index contributed by atoms with van der Waals surface area (Å²) in [4.78, 5) is 14.7. The van der Waals surface area contributed by atoms with Crippen molar-refractivity contribution in [2.24, 2.45) is 0 Å². The lowest BCUT2D eigenvalue weighted by Gasteiger charge is -2.32. The second-order valence-electron chi connectivity index (χ2n) is 7.27. The molecule has 144 valence electrons. The number of hydrogen-bond donors (Lipinski definition) is 0. The molecule has 0 unspecified atom stereocenters. The summed E-state index contributed by atoms with van der Waals surface area (Å²) < 4.78 is 17.0. The molecular formula is C22H20ClNO4. The molecule has 0 radical (unpaired) electrons. The van der Waals surface area contributed by atoms with Gasteiger partial charge in [-0.25, -0.2) is 4.79 Å². The van der Waals surface area contributed by atoms with Gasteiger partial charge >= 0.3 is 5.63 Å². The number of anilines is 1. The Kier molecular flexibility index (Phi) is 4.20. The van der Waals surface area contributed by atoms with Gasteiger partial charge in [0.1, 0.15) is 17.1 Å². The maximum Gasteiger partial charge on any atom is 0.339 e. The fourth-order valence-corrected chi connectivity index (χ4v) is 4.51. The summed E-state index contributed by atoms with van der Waals surface area (Å²) in [6.07, 6.45) is 3.76. The number of ether oxygens (including phenoxy) is 2. The Morgan fingerprint density at radius 2 is 1.82 bits per heavy atom. The molecule has 0 bridgehead atoms. The van der Waals surface area contributed by atoms with E-state index in [0.29, 0.717) is 29.6 Å². The molecule has 0 fully saturated rings. The predicted molar refractivity (Wildman–Crippen MR) is 109 cm³/mol. The van der Waals surface area contributed by atoms with Gasteiger partial charge in [0.05, 0.1) is 24.2 Å². The topological polar surface area (TPSA) is 51.9 Å². The molecule has 0 saturated carbocycles. The first-order valence-corrected chi connectivity index (χ1v) is 9.85. The highest BCUT2D eigenvalue weighted by Crippen LogP contribution is 2.41. The predicted octanol–water partition coefficient (Wildman–Crippen LogP) is 4.69. The molecule has 0 saturated heterocycles. The lowest BCUT2D eigenvalue weighted by molar-refractivity contribution is 0.289. The van der Waals surface area contributed by atoms with E-state index in [4.69, 9.17) is 25.5 Å². The Hall–Kier alpha value is -2.66. The Morgan fingerprint density at radius 3 is 2.57 bits per heavy atom. The second kappa shape index (κ2) is 6.74. The van der Waals surface area contributed by atoms with E-state index < -0.39 is 0 Å². The van der Waals surface area contributed by atoms with Crippen molar-refractivity contribution in [3.05, 3.63) is 62.5 Å². The van der Waals surface area contributed by atoms with Crippen LogP contribution in [0.5, 0.6) is 11.5 Å². The Bertz CT molecular complexity index is 1120. The Labute approximate surface area is 167 Å². The zero-order chi connectivity index (χ0) is 19.3. The van der Waals surface area contributed by atoms with Crippen LogP contribution in [0.2, 0.25) is 5.02 Å². The number of methoxy groups -OCH3 is 1. The van der Waals surface area contributed by atoms with E-state index in [0.717, 1.165) is 59.2 Å². The minimum Gasteiger partial charge on any atom is -0.497 e. The number of halogens is 1. The van der Waals surface area contributed by atoms with Crippen molar-refractivity contribution >= 4 is 28.3 Å². The summed E-state index contributed by atoms with van der Waals surface area (Å²) >= 11 is 6.56. The van der Waals surface area contributed by atoms with Gasteiger partial charge in [-0.1, -0.05) is 11.6 Å². The number of rotatable bonds is 2. The van der Waals surface area contributed by atoms with Crippen molar-refractivity contribution in [1.82, 2.24) is 0 Å². The lowest BCUT2D eigenvalue weighted by Crippen LogP contribution is -2.32. The standard InChI is InChI=1S/C22H20ClNO4/c1-26-14-8-6-13(7-9-14)24-11-18-20-17(10-19(23)21(18)27-12-24)15-4-2-3-5-16(15)22(25)28-20/h6-10H,2-5,11-12H2,1H3. The van der Waals surface area contributed by atoms with Gasteiger partial charge in [0.15, 0.2) is 6.73 Å². The first kappa shape index (κ1) is 17.4. The van der Waals surface area contributed by atoms with Crippen molar-refractivity contribution in [1.29, 1.82) is 0 Å². The van der Waals surface area contributed by atoms with Crippen LogP contribution in [0.1, 0.15) is 29.5 Å². The van der Waals surface area contributed by atoms with E-state index in [9.17, 15) is 4.79 Å². The van der Waals surface area contributed by atoms with E-state index in [2.05, 4.69) is 4.90 Å². The van der Waals surface area contributed by atoms with Crippen molar-refractivity contribution in [3.63, 3.8) is 0 Å². The monoisotopic (exact) mass is 397 g/mol. The van der Waals surface area contributed by atoms with Gasteiger partial charge in [-0.15, -0.1) is 0 Å². The Balaban J connectivity index is 1.64. The summed E-state index contributed by atoms with van der Waals surface area (Å²) in [5.74, 6) is 1.41. The molecule has 2 heterocycles. The number of benzene rings is 2. The van der Waals surface area contributed by atoms with E-state index >= 15 is 0 Å². The number of aryl methyl sites for hydroxylation is 1. The van der Waals surface area contributed by atoms with Gasteiger partial charge in [0.25, 0.3) is 0 Å². The highest BCUT2D eigenvalue weighted by Gasteiger charge is 2.27. The quantitative estimate of drug-likeness (QED) is 0.587. The molecule has 3 aromatic rings. The van der Waals surface area contributed by atoms with Gasteiger partial charge in [0, 0.05) is 16.6 Å². The van der Waals surface area contributed by atoms with Gasteiger partial charge < -0.3 is 18.8 Å². The van der Waals surface area contributed by atoms with Crippen molar-refractivity contribution in [2.45, 2.75) is 32.2 Å². The molecule has 28 heavy (non-hydrogen) atoms.